The summed E-state index contributed by atoms with van der Waals surface area (Å²) >= 11 is 0. The standard InChI is InChI=1S/C24H18N6O3/c1-32-18-11-9-17(10-12-18)27-23(31)20-14-30(15-26-20)22-19(8-5-13-25-22)24-28-21(29-33-24)16-6-3-2-4-7-16/h2-15H,1H3,(H,27,31). The molecule has 0 radical (unpaired) electrons. The predicted molar refractivity (Wildman–Crippen MR) is 121 cm³/mol. The zero-order valence-electron chi connectivity index (χ0n) is 17.5. The van der Waals surface area contributed by atoms with Gasteiger partial charge in [-0.1, -0.05) is 35.5 Å². The SMILES string of the molecule is COc1ccc(NC(=O)c2cn(-c3ncccc3-c3nc(-c4ccccc4)no3)cn2)cc1. The fourth-order valence-electron chi connectivity index (χ4n) is 3.23. The molecule has 0 aliphatic carbocycles. The molecule has 0 bridgehead atoms. The van der Waals surface area contributed by atoms with Crippen LogP contribution in [0.15, 0.2) is 90.0 Å². The van der Waals surface area contributed by atoms with Crippen LogP contribution in [0.2, 0.25) is 0 Å². The number of pyridine rings is 1. The Balaban J connectivity index is 1.40. The fraction of sp³-hybridized carbons (Fsp3) is 0.0417. The first kappa shape index (κ1) is 20.1. The Bertz CT molecular complexity index is 1390. The number of hydrogen-bond donors (Lipinski definition) is 1. The topological polar surface area (TPSA) is 108 Å². The second-order valence-corrected chi connectivity index (χ2v) is 7.01. The van der Waals surface area contributed by atoms with E-state index in [1.54, 1.807) is 54.4 Å². The minimum absolute atomic E-state index is 0.234. The molecule has 0 fully saturated rings. The van der Waals surface area contributed by atoms with Gasteiger partial charge in [-0.2, -0.15) is 4.98 Å². The lowest BCUT2D eigenvalue weighted by Crippen LogP contribution is -2.12. The van der Waals surface area contributed by atoms with E-state index in [0.717, 1.165) is 5.56 Å². The van der Waals surface area contributed by atoms with Crippen molar-refractivity contribution in [3.8, 4) is 34.4 Å². The average Bonchev–Trinajstić information content (AvgIpc) is 3.56. The monoisotopic (exact) mass is 438 g/mol. The van der Waals surface area contributed by atoms with E-state index in [2.05, 4.69) is 25.4 Å². The molecule has 1 N–H and O–H groups in total. The highest BCUT2D eigenvalue weighted by Crippen LogP contribution is 2.26. The van der Waals surface area contributed by atoms with Crippen LogP contribution in [0.4, 0.5) is 5.69 Å². The maximum absolute atomic E-state index is 12.6. The Morgan fingerprint density at radius 2 is 1.82 bits per heavy atom. The summed E-state index contributed by atoms with van der Waals surface area (Å²) in [6.07, 6.45) is 4.76. The van der Waals surface area contributed by atoms with Crippen molar-refractivity contribution in [1.82, 2.24) is 24.7 Å². The van der Waals surface area contributed by atoms with E-state index in [0.29, 0.717) is 34.5 Å². The summed E-state index contributed by atoms with van der Waals surface area (Å²) in [5, 5.41) is 6.89. The minimum Gasteiger partial charge on any atom is -0.497 e. The lowest BCUT2D eigenvalue weighted by molar-refractivity contribution is 0.102. The van der Waals surface area contributed by atoms with Gasteiger partial charge in [-0.15, -0.1) is 0 Å². The molecule has 2 aromatic carbocycles. The Labute approximate surface area is 188 Å². The van der Waals surface area contributed by atoms with Crippen LogP contribution in [0.1, 0.15) is 10.5 Å². The summed E-state index contributed by atoms with van der Waals surface area (Å²) in [7, 11) is 1.59. The third kappa shape index (κ3) is 4.19. The summed E-state index contributed by atoms with van der Waals surface area (Å²) < 4.78 is 12.3. The quantitative estimate of drug-likeness (QED) is 0.422. The van der Waals surface area contributed by atoms with Crippen LogP contribution in [-0.4, -0.2) is 37.7 Å². The highest BCUT2D eigenvalue weighted by atomic mass is 16.5. The number of methoxy groups -OCH3 is 1. The highest BCUT2D eigenvalue weighted by Gasteiger charge is 2.18. The predicted octanol–water partition coefficient (Wildman–Crippen LogP) is 4.25. The number of ether oxygens (including phenoxy) is 1. The lowest BCUT2D eigenvalue weighted by atomic mass is 10.2. The number of nitrogens with zero attached hydrogens (tertiary/aromatic N) is 5. The molecule has 0 saturated carbocycles. The van der Waals surface area contributed by atoms with Gasteiger partial charge >= 0.3 is 0 Å². The first-order valence-corrected chi connectivity index (χ1v) is 10.1. The van der Waals surface area contributed by atoms with Gasteiger partial charge in [-0.05, 0) is 36.4 Å². The molecule has 3 heterocycles. The van der Waals surface area contributed by atoms with Gasteiger partial charge in [-0.3, -0.25) is 9.36 Å². The zero-order chi connectivity index (χ0) is 22.6. The van der Waals surface area contributed by atoms with E-state index < -0.39 is 0 Å². The maximum Gasteiger partial charge on any atom is 0.275 e. The smallest absolute Gasteiger partial charge is 0.275 e. The van der Waals surface area contributed by atoms with Gasteiger partial charge in [0.15, 0.2) is 5.82 Å². The summed E-state index contributed by atoms with van der Waals surface area (Å²) in [6.45, 7) is 0. The molecule has 0 aliphatic heterocycles. The summed E-state index contributed by atoms with van der Waals surface area (Å²) in [6, 6.07) is 20.2. The van der Waals surface area contributed by atoms with Crippen LogP contribution < -0.4 is 10.1 Å². The number of carbonyl (C=O) groups is 1. The average molecular weight is 438 g/mol. The number of carbonyl (C=O) groups excluding carboxylic acids is 1. The molecule has 9 heteroatoms. The molecule has 1 amide bonds. The van der Waals surface area contributed by atoms with E-state index in [9.17, 15) is 4.79 Å². The van der Waals surface area contributed by atoms with Crippen molar-refractivity contribution in [1.29, 1.82) is 0 Å². The second-order valence-electron chi connectivity index (χ2n) is 7.01. The Kier molecular flexibility index (Phi) is 5.34. The van der Waals surface area contributed by atoms with Gasteiger partial charge in [0.2, 0.25) is 5.82 Å². The number of hydrogen-bond acceptors (Lipinski definition) is 7. The Morgan fingerprint density at radius 1 is 1.00 bits per heavy atom. The van der Waals surface area contributed by atoms with Gasteiger partial charge < -0.3 is 14.6 Å². The van der Waals surface area contributed by atoms with Gasteiger partial charge in [0, 0.05) is 23.6 Å². The molecule has 0 spiro atoms. The molecule has 33 heavy (non-hydrogen) atoms. The van der Waals surface area contributed by atoms with E-state index in [-0.39, 0.29) is 11.6 Å². The molecular weight excluding hydrogens is 420 g/mol. The fourth-order valence-corrected chi connectivity index (χ4v) is 3.23. The third-order valence-corrected chi connectivity index (χ3v) is 4.88. The van der Waals surface area contributed by atoms with Crippen molar-refractivity contribution in [2.75, 3.05) is 12.4 Å². The van der Waals surface area contributed by atoms with Crippen molar-refractivity contribution < 1.29 is 14.1 Å². The van der Waals surface area contributed by atoms with Crippen LogP contribution in [0.5, 0.6) is 5.75 Å². The molecule has 9 nitrogen and oxygen atoms in total. The third-order valence-electron chi connectivity index (χ3n) is 4.88. The van der Waals surface area contributed by atoms with E-state index in [1.807, 2.05) is 36.4 Å². The summed E-state index contributed by atoms with van der Waals surface area (Å²) in [5.41, 5.74) is 2.33. The molecule has 0 aliphatic rings. The van der Waals surface area contributed by atoms with Gasteiger partial charge in [-0.25, -0.2) is 9.97 Å². The molecule has 5 aromatic rings. The van der Waals surface area contributed by atoms with Crippen molar-refractivity contribution >= 4 is 11.6 Å². The minimum atomic E-state index is -0.347. The number of anilines is 1. The van der Waals surface area contributed by atoms with E-state index >= 15 is 0 Å². The second kappa shape index (κ2) is 8.75. The van der Waals surface area contributed by atoms with Gasteiger partial charge in [0.1, 0.15) is 17.8 Å². The van der Waals surface area contributed by atoms with Crippen LogP contribution in [0.25, 0.3) is 28.7 Å². The van der Waals surface area contributed by atoms with Crippen molar-refractivity contribution in [3.05, 3.63) is 91.1 Å². The normalized spacial score (nSPS) is 10.7. The number of nitrogens with one attached hydrogen (secondary N) is 1. The largest absolute Gasteiger partial charge is 0.497 e. The summed E-state index contributed by atoms with van der Waals surface area (Å²) in [5.74, 6) is 1.66. The molecule has 0 saturated heterocycles. The van der Waals surface area contributed by atoms with E-state index in [1.165, 1.54) is 6.33 Å². The lowest BCUT2D eigenvalue weighted by Gasteiger charge is -2.05. The Morgan fingerprint density at radius 3 is 2.61 bits per heavy atom. The molecule has 0 unspecified atom stereocenters. The van der Waals surface area contributed by atoms with Crippen LogP contribution in [0, 0.1) is 0 Å². The molecule has 3 aromatic heterocycles. The zero-order valence-corrected chi connectivity index (χ0v) is 17.5. The molecule has 0 atom stereocenters. The van der Waals surface area contributed by atoms with Crippen molar-refractivity contribution in [2.45, 2.75) is 0 Å². The molecule has 162 valence electrons. The van der Waals surface area contributed by atoms with Crippen LogP contribution in [-0.2, 0) is 0 Å². The van der Waals surface area contributed by atoms with E-state index in [4.69, 9.17) is 9.26 Å². The molecule has 5 rings (SSSR count). The van der Waals surface area contributed by atoms with Crippen LogP contribution in [0.3, 0.4) is 0 Å². The number of imidazole rings is 1. The first-order chi connectivity index (χ1) is 16.2. The molecular formula is C24H18N6O3. The van der Waals surface area contributed by atoms with Crippen LogP contribution >= 0.6 is 0 Å². The highest BCUT2D eigenvalue weighted by molar-refractivity contribution is 6.02. The van der Waals surface area contributed by atoms with Crippen molar-refractivity contribution in [2.24, 2.45) is 0 Å². The number of aromatic nitrogens is 5. The van der Waals surface area contributed by atoms with Gasteiger partial charge in [0.05, 0.1) is 12.7 Å². The first-order valence-electron chi connectivity index (χ1n) is 10.1. The number of benzene rings is 2. The number of amides is 1. The Hall–Kier alpha value is -4.79. The maximum atomic E-state index is 12.6. The van der Waals surface area contributed by atoms with Crippen molar-refractivity contribution in [3.63, 3.8) is 0 Å². The number of rotatable bonds is 6. The summed E-state index contributed by atoms with van der Waals surface area (Å²) in [4.78, 5) is 25.8. The van der Waals surface area contributed by atoms with Gasteiger partial charge in [0.25, 0.3) is 11.8 Å².